The number of ether oxygens (including phenoxy) is 1. The van der Waals surface area contributed by atoms with Crippen molar-refractivity contribution in [3.05, 3.63) is 103 Å². The molecule has 140 valence electrons. The van der Waals surface area contributed by atoms with Gasteiger partial charge < -0.3 is 9.64 Å². The highest BCUT2D eigenvalue weighted by Gasteiger charge is 2.27. The van der Waals surface area contributed by atoms with Gasteiger partial charge in [-0.2, -0.15) is 0 Å². The summed E-state index contributed by atoms with van der Waals surface area (Å²) < 4.78 is 5.78. The first kappa shape index (κ1) is 17.3. The van der Waals surface area contributed by atoms with Gasteiger partial charge in [-0.1, -0.05) is 73.3 Å². The number of nitrogens with zero attached hydrogens (tertiary/aromatic N) is 1. The van der Waals surface area contributed by atoms with E-state index in [0.717, 1.165) is 39.5 Å². The smallest absolute Gasteiger partial charge is 0.127 e. The third-order valence-electron chi connectivity index (χ3n) is 5.48. The van der Waals surface area contributed by atoms with Crippen LogP contribution in [0.4, 0.5) is 17.1 Å². The lowest BCUT2D eigenvalue weighted by Gasteiger charge is -2.27. The fraction of sp³-hybridized carbons (Fsp3) is 0.0370. The van der Waals surface area contributed by atoms with Crippen molar-refractivity contribution in [1.82, 2.24) is 0 Å². The van der Waals surface area contributed by atoms with E-state index >= 15 is 0 Å². The molecule has 2 nitrogen and oxygen atoms in total. The third kappa shape index (κ3) is 2.73. The fourth-order valence-corrected chi connectivity index (χ4v) is 4.15. The average molecular weight is 375 g/mol. The van der Waals surface area contributed by atoms with Crippen LogP contribution >= 0.6 is 0 Å². The molecule has 0 saturated heterocycles. The molecule has 0 saturated carbocycles. The predicted octanol–water partition coefficient (Wildman–Crippen LogP) is 7.46. The topological polar surface area (TPSA) is 12.5 Å². The lowest BCUT2D eigenvalue weighted by atomic mass is 9.94. The van der Waals surface area contributed by atoms with Crippen molar-refractivity contribution in [2.45, 2.75) is 0 Å². The third-order valence-corrected chi connectivity index (χ3v) is 5.48. The molecule has 5 rings (SSSR count). The van der Waals surface area contributed by atoms with Gasteiger partial charge in [0.15, 0.2) is 0 Å². The Morgan fingerprint density at radius 1 is 0.690 bits per heavy atom. The SMILES string of the molecule is C=Cc1ccc(N2c3ccccc3-c3cccc(OC)c3-c3ccccc32)cc1. The van der Waals surface area contributed by atoms with Crippen LogP contribution in [0.5, 0.6) is 5.75 Å². The van der Waals surface area contributed by atoms with Crippen molar-refractivity contribution in [2.24, 2.45) is 0 Å². The molecule has 1 heterocycles. The van der Waals surface area contributed by atoms with Crippen LogP contribution < -0.4 is 9.64 Å². The summed E-state index contributed by atoms with van der Waals surface area (Å²) in [7, 11) is 1.74. The lowest BCUT2D eigenvalue weighted by molar-refractivity contribution is 0.416. The molecule has 2 heteroatoms. The molecule has 0 spiro atoms. The van der Waals surface area contributed by atoms with E-state index in [1.165, 1.54) is 11.1 Å². The minimum Gasteiger partial charge on any atom is -0.496 e. The van der Waals surface area contributed by atoms with Crippen molar-refractivity contribution in [2.75, 3.05) is 12.0 Å². The molecule has 29 heavy (non-hydrogen) atoms. The number of methoxy groups -OCH3 is 1. The Labute approximate surface area is 171 Å². The molecule has 1 aliphatic heterocycles. The number of hydrogen-bond acceptors (Lipinski definition) is 2. The number of rotatable bonds is 3. The molecular formula is C27H21NO. The van der Waals surface area contributed by atoms with E-state index < -0.39 is 0 Å². The van der Waals surface area contributed by atoms with Crippen LogP contribution in [0.15, 0.2) is 97.6 Å². The Balaban J connectivity index is 1.88. The summed E-state index contributed by atoms with van der Waals surface area (Å²) in [4.78, 5) is 2.33. The molecule has 4 aromatic carbocycles. The van der Waals surface area contributed by atoms with E-state index in [2.05, 4.69) is 96.4 Å². The maximum Gasteiger partial charge on any atom is 0.127 e. The molecule has 0 bridgehead atoms. The molecule has 4 aromatic rings. The lowest BCUT2D eigenvalue weighted by Crippen LogP contribution is -2.10. The second-order valence-corrected chi connectivity index (χ2v) is 7.05. The van der Waals surface area contributed by atoms with Gasteiger partial charge in [0.1, 0.15) is 5.75 Å². The van der Waals surface area contributed by atoms with Gasteiger partial charge in [-0.3, -0.25) is 0 Å². The molecule has 0 unspecified atom stereocenters. The van der Waals surface area contributed by atoms with Crippen LogP contribution in [0.3, 0.4) is 0 Å². The second-order valence-electron chi connectivity index (χ2n) is 7.05. The van der Waals surface area contributed by atoms with Crippen LogP contribution in [0.1, 0.15) is 5.56 Å². The van der Waals surface area contributed by atoms with Crippen LogP contribution in [-0.4, -0.2) is 7.11 Å². The molecule has 0 N–H and O–H groups in total. The first-order valence-electron chi connectivity index (χ1n) is 9.70. The maximum absolute atomic E-state index is 5.78. The van der Waals surface area contributed by atoms with Gasteiger partial charge in [-0.15, -0.1) is 0 Å². The minimum absolute atomic E-state index is 0.883. The van der Waals surface area contributed by atoms with Gasteiger partial charge in [0.25, 0.3) is 0 Å². The van der Waals surface area contributed by atoms with Gasteiger partial charge in [-0.25, -0.2) is 0 Å². The highest BCUT2D eigenvalue weighted by atomic mass is 16.5. The Morgan fingerprint density at radius 3 is 2.00 bits per heavy atom. The first-order chi connectivity index (χ1) is 14.3. The standard InChI is InChI=1S/C27H21NO/c1-3-19-15-17-20(18-16-19)28-24-12-6-4-9-21(24)22-11-8-14-26(29-2)27(22)23-10-5-7-13-25(23)28/h3-18H,1H2,2H3. The summed E-state index contributed by atoms with van der Waals surface area (Å²) in [6.07, 6.45) is 1.87. The second kappa shape index (κ2) is 6.99. The number of anilines is 3. The molecule has 1 aliphatic rings. The molecular weight excluding hydrogens is 354 g/mol. The summed E-state index contributed by atoms with van der Waals surface area (Å²) in [5.41, 5.74) is 9.15. The normalized spacial score (nSPS) is 11.7. The molecule has 0 radical (unpaired) electrons. The van der Waals surface area contributed by atoms with E-state index in [0.29, 0.717) is 0 Å². The zero-order valence-corrected chi connectivity index (χ0v) is 16.3. The maximum atomic E-state index is 5.78. The zero-order valence-electron chi connectivity index (χ0n) is 16.3. The number of benzene rings is 4. The monoisotopic (exact) mass is 375 g/mol. The van der Waals surface area contributed by atoms with Gasteiger partial charge in [0.2, 0.25) is 0 Å². The average Bonchev–Trinajstić information content (AvgIpc) is 2.92. The Hall–Kier alpha value is -3.78. The van der Waals surface area contributed by atoms with Crippen molar-refractivity contribution < 1.29 is 4.74 Å². The largest absolute Gasteiger partial charge is 0.496 e. The molecule has 0 fully saturated rings. The Kier molecular flexibility index (Phi) is 4.18. The summed E-state index contributed by atoms with van der Waals surface area (Å²) in [6.45, 7) is 3.88. The van der Waals surface area contributed by atoms with E-state index in [-0.39, 0.29) is 0 Å². The highest BCUT2D eigenvalue weighted by molar-refractivity contribution is 6.04. The Morgan fingerprint density at radius 2 is 1.31 bits per heavy atom. The number of fused-ring (bicyclic) bond motifs is 5. The Bertz CT molecular complexity index is 1210. The van der Waals surface area contributed by atoms with E-state index in [1.807, 2.05) is 12.1 Å². The number of hydrogen-bond donors (Lipinski definition) is 0. The summed E-state index contributed by atoms with van der Waals surface area (Å²) >= 11 is 0. The summed E-state index contributed by atoms with van der Waals surface area (Å²) in [6, 6.07) is 31.9. The molecule has 0 aromatic heterocycles. The molecule has 0 aliphatic carbocycles. The van der Waals surface area contributed by atoms with Crippen molar-refractivity contribution >= 4 is 23.1 Å². The van der Waals surface area contributed by atoms with Crippen LogP contribution in [0, 0.1) is 0 Å². The van der Waals surface area contributed by atoms with Gasteiger partial charge >= 0.3 is 0 Å². The molecule has 0 atom stereocenters. The van der Waals surface area contributed by atoms with Gasteiger partial charge in [0.05, 0.1) is 18.5 Å². The fourth-order valence-electron chi connectivity index (χ4n) is 4.15. The summed E-state index contributed by atoms with van der Waals surface area (Å²) in [5.74, 6) is 0.883. The molecule has 0 amide bonds. The zero-order chi connectivity index (χ0) is 19.8. The van der Waals surface area contributed by atoms with E-state index in [4.69, 9.17) is 4.74 Å². The quantitative estimate of drug-likeness (QED) is 0.324. The van der Waals surface area contributed by atoms with Crippen molar-refractivity contribution in [3.8, 4) is 28.0 Å². The van der Waals surface area contributed by atoms with Crippen molar-refractivity contribution in [3.63, 3.8) is 0 Å². The first-order valence-corrected chi connectivity index (χ1v) is 9.70. The van der Waals surface area contributed by atoms with Crippen LogP contribution in [-0.2, 0) is 0 Å². The number of para-hydroxylation sites is 2. The van der Waals surface area contributed by atoms with Crippen molar-refractivity contribution in [1.29, 1.82) is 0 Å². The highest BCUT2D eigenvalue weighted by Crippen LogP contribution is 2.52. The van der Waals surface area contributed by atoms with Gasteiger partial charge in [0, 0.05) is 22.4 Å². The van der Waals surface area contributed by atoms with Crippen LogP contribution in [0.2, 0.25) is 0 Å². The predicted molar refractivity (Wildman–Crippen MR) is 122 cm³/mol. The van der Waals surface area contributed by atoms with E-state index in [9.17, 15) is 0 Å². The van der Waals surface area contributed by atoms with Crippen LogP contribution in [0.25, 0.3) is 28.3 Å². The van der Waals surface area contributed by atoms with E-state index in [1.54, 1.807) is 7.11 Å². The minimum atomic E-state index is 0.883. The summed E-state index contributed by atoms with van der Waals surface area (Å²) in [5, 5.41) is 0. The van der Waals surface area contributed by atoms with Gasteiger partial charge in [-0.05, 0) is 41.5 Å².